The summed E-state index contributed by atoms with van der Waals surface area (Å²) >= 11 is 2.63. The zero-order valence-corrected chi connectivity index (χ0v) is 13.9. The van der Waals surface area contributed by atoms with E-state index in [0.29, 0.717) is 4.34 Å². The molecule has 0 aliphatic carbocycles. The normalized spacial score (nSPS) is 12.0. The summed E-state index contributed by atoms with van der Waals surface area (Å²) in [7, 11) is 1.45. The van der Waals surface area contributed by atoms with Crippen LogP contribution in [0.3, 0.4) is 0 Å². The smallest absolute Gasteiger partial charge is 0.301 e. The Morgan fingerprint density at radius 3 is 2.57 bits per heavy atom. The minimum atomic E-state index is -2.25. The summed E-state index contributed by atoms with van der Waals surface area (Å²) in [6, 6.07) is 0. The summed E-state index contributed by atoms with van der Waals surface area (Å²) in [5.74, 6) is -1.16. The van der Waals surface area contributed by atoms with Crippen molar-refractivity contribution in [3.63, 3.8) is 0 Å². The molecule has 118 valence electrons. The number of hydrogen-bond acceptors (Lipinski definition) is 5. The van der Waals surface area contributed by atoms with Gasteiger partial charge in [0.15, 0.2) is 10.2 Å². The van der Waals surface area contributed by atoms with Crippen molar-refractivity contribution in [2.75, 3.05) is 12.9 Å². The maximum Gasteiger partial charge on any atom is 0.301 e. The van der Waals surface area contributed by atoms with Gasteiger partial charge in [-0.2, -0.15) is 8.78 Å². The molecule has 0 bridgehead atoms. The number of nitrogens with zero attached hydrogens (tertiary/aromatic N) is 2. The minimum Gasteiger partial charge on any atom is -0.399 e. The van der Waals surface area contributed by atoms with Gasteiger partial charge in [-0.25, -0.2) is 9.37 Å². The van der Waals surface area contributed by atoms with Gasteiger partial charge in [-0.15, -0.1) is 11.3 Å². The van der Waals surface area contributed by atoms with Crippen LogP contribution in [0.1, 0.15) is 37.8 Å². The molecule has 0 saturated carbocycles. The SMILES string of the molecule is CO/N=C/c1sc(SCCC(F)=C(F)F)nc1C(C)(C)C. The molecule has 0 spiro atoms. The molecular formula is C13H17F3N2OS2. The maximum atomic E-state index is 12.7. The van der Waals surface area contributed by atoms with Crippen LogP contribution in [-0.2, 0) is 10.3 Å². The Morgan fingerprint density at radius 2 is 2.05 bits per heavy atom. The molecule has 0 N–H and O–H groups in total. The molecule has 0 amide bonds. The third-order valence-electron chi connectivity index (χ3n) is 2.37. The summed E-state index contributed by atoms with van der Waals surface area (Å²) in [6.45, 7) is 6.05. The van der Waals surface area contributed by atoms with Crippen molar-refractivity contribution in [2.45, 2.75) is 36.9 Å². The van der Waals surface area contributed by atoms with Gasteiger partial charge >= 0.3 is 6.08 Å². The van der Waals surface area contributed by atoms with Gasteiger partial charge < -0.3 is 4.84 Å². The monoisotopic (exact) mass is 338 g/mol. The molecule has 0 atom stereocenters. The van der Waals surface area contributed by atoms with Crippen LogP contribution in [0, 0.1) is 0 Å². The molecule has 1 rings (SSSR count). The van der Waals surface area contributed by atoms with Gasteiger partial charge in [0, 0.05) is 17.6 Å². The number of aromatic nitrogens is 1. The Balaban J connectivity index is 2.83. The van der Waals surface area contributed by atoms with E-state index in [1.165, 1.54) is 30.2 Å². The Labute approximate surface area is 130 Å². The first-order chi connectivity index (χ1) is 9.75. The van der Waals surface area contributed by atoms with Crippen LogP contribution >= 0.6 is 23.1 Å². The molecule has 3 nitrogen and oxygen atoms in total. The van der Waals surface area contributed by atoms with Gasteiger partial charge in [-0.3, -0.25) is 0 Å². The average molecular weight is 338 g/mol. The van der Waals surface area contributed by atoms with E-state index in [2.05, 4.69) is 15.0 Å². The van der Waals surface area contributed by atoms with Crippen molar-refractivity contribution in [3.8, 4) is 0 Å². The molecule has 8 heteroatoms. The molecule has 0 aromatic carbocycles. The number of halogens is 3. The molecule has 21 heavy (non-hydrogen) atoms. The topological polar surface area (TPSA) is 34.5 Å². The van der Waals surface area contributed by atoms with E-state index in [9.17, 15) is 13.2 Å². The van der Waals surface area contributed by atoms with E-state index in [0.717, 1.165) is 10.6 Å². The van der Waals surface area contributed by atoms with Crippen LogP contribution < -0.4 is 0 Å². The zero-order chi connectivity index (χ0) is 16.0. The quantitative estimate of drug-likeness (QED) is 0.417. The second-order valence-electron chi connectivity index (χ2n) is 5.12. The van der Waals surface area contributed by atoms with Gasteiger partial charge in [0.2, 0.25) is 0 Å². The van der Waals surface area contributed by atoms with Crippen molar-refractivity contribution < 1.29 is 18.0 Å². The van der Waals surface area contributed by atoms with E-state index in [4.69, 9.17) is 0 Å². The van der Waals surface area contributed by atoms with E-state index in [1.807, 2.05) is 20.8 Å². The van der Waals surface area contributed by atoms with Gasteiger partial charge in [0.25, 0.3) is 0 Å². The molecule has 1 aromatic rings. The Kier molecular flexibility index (Phi) is 6.73. The predicted octanol–water partition coefficient (Wildman–Crippen LogP) is 4.98. The highest BCUT2D eigenvalue weighted by Gasteiger charge is 2.22. The summed E-state index contributed by atoms with van der Waals surface area (Å²) in [5, 5.41) is 3.73. The van der Waals surface area contributed by atoms with Crippen molar-refractivity contribution in [1.29, 1.82) is 0 Å². The van der Waals surface area contributed by atoms with Gasteiger partial charge in [0.05, 0.1) is 16.8 Å². The molecule has 1 aromatic heterocycles. The molecule has 0 fully saturated rings. The third kappa shape index (κ3) is 5.70. The number of oxime groups is 1. The lowest BCUT2D eigenvalue weighted by molar-refractivity contribution is 0.215. The van der Waals surface area contributed by atoms with Crippen molar-refractivity contribution >= 4 is 29.3 Å². The fraction of sp³-hybridized carbons (Fsp3) is 0.538. The van der Waals surface area contributed by atoms with Gasteiger partial charge in [-0.05, 0) is 0 Å². The fourth-order valence-corrected chi connectivity index (χ4v) is 3.66. The highest BCUT2D eigenvalue weighted by molar-refractivity contribution is 8.01. The number of thioether (sulfide) groups is 1. The first kappa shape index (κ1) is 18.0. The predicted molar refractivity (Wildman–Crippen MR) is 81.1 cm³/mol. The van der Waals surface area contributed by atoms with E-state index < -0.39 is 11.9 Å². The van der Waals surface area contributed by atoms with Crippen LogP contribution in [0.25, 0.3) is 0 Å². The second-order valence-corrected chi connectivity index (χ2v) is 7.50. The number of thiazole rings is 1. The highest BCUT2D eigenvalue weighted by atomic mass is 32.2. The lowest BCUT2D eigenvalue weighted by Gasteiger charge is -2.15. The number of hydrogen-bond donors (Lipinski definition) is 0. The van der Waals surface area contributed by atoms with Crippen molar-refractivity contribution in [3.05, 3.63) is 22.5 Å². The second kappa shape index (κ2) is 7.84. The third-order valence-corrected chi connectivity index (χ3v) is 4.51. The van der Waals surface area contributed by atoms with Crippen LogP contribution in [-0.4, -0.2) is 24.1 Å². The molecule has 1 heterocycles. The largest absolute Gasteiger partial charge is 0.399 e. The fourth-order valence-electron chi connectivity index (χ4n) is 1.42. The molecular weight excluding hydrogens is 321 g/mol. The zero-order valence-electron chi connectivity index (χ0n) is 12.2. The van der Waals surface area contributed by atoms with Crippen LogP contribution in [0.5, 0.6) is 0 Å². The summed E-state index contributed by atoms with van der Waals surface area (Å²) in [6.07, 6.45) is -0.985. The molecule has 0 aliphatic heterocycles. The lowest BCUT2D eigenvalue weighted by atomic mass is 9.91. The molecule has 0 aliphatic rings. The van der Waals surface area contributed by atoms with E-state index >= 15 is 0 Å². The van der Waals surface area contributed by atoms with Crippen LogP contribution in [0.4, 0.5) is 13.2 Å². The summed E-state index contributed by atoms with van der Waals surface area (Å²) in [4.78, 5) is 10.00. The average Bonchev–Trinajstić information content (AvgIpc) is 2.79. The van der Waals surface area contributed by atoms with Gasteiger partial charge in [0.1, 0.15) is 7.11 Å². The standard InChI is InChI=1S/C13H17F3N2OS2/c1-13(2,3)10-9(7-17-19-4)21-12(18-10)20-6-5-8(14)11(15)16/h7H,5-6H2,1-4H3/b17-7+. The Morgan fingerprint density at radius 1 is 1.38 bits per heavy atom. The first-order valence-electron chi connectivity index (χ1n) is 6.16. The van der Waals surface area contributed by atoms with E-state index in [-0.39, 0.29) is 17.6 Å². The van der Waals surface area contributed by atoms with Crippen LogP contribution in [0.15, 0.2) is 21.4 Å². The Hall–Kier alpha value is -1.02. The lowest BCUT2D eigenvalue weighted by Crippen LogP contribution is -2.13. The number of rotatable bonds is 6. The maximum absolute atomic E-state index is 12.7. The number of allylic oxidation sites excluding steroid dienone is 1. The van der Waals surface area contributed by atoms with E-state index in [1.54, 1.807) is 6.21 Å². The highest BCUT2D eigenvalue weighted by Crippen LogP contribution is 2.34. The van der Waals surface area contributed by atoms with Crippen LogP contribution in [0.2, 0.25) is 0 Å². The van der Waals surface area contributed by atoms with Crippen molar-refractivity contribution in [2.24, 2.45) is 5.16 Å². The minimum absolute atomic E-state index is 0.180. The molecule has 0 unspecified atom stereocenters. The summed E-state index contributed by atoms with van der Waals surface area (Å²) in [5.41, 5.74) is 0.670. The first-order valence-corrected chi connectivity index (χ1v) is 7.96. The van der Waals surface area contributed by atoms with Gasteiger partial charge in [-0.1, -0.05) is 37.7 Å². The molecule has 0 radical (unpaired) electrons. The van der Waals surface area contributed by atoms with Crippen molar-refractivity contribution in [1.82, 2.24) is 4.98 Å². The Bertz CT molecular complexity index is 532. The summed E-state index contributed by atoms with van der Waals surface area (Å²) < 4.78 is 37.4. The molecule has 0 saturated heterocycles.